The Kier molecular flexibility index (Phi) is 4.01. The van der Waals surface area contributed by atoms with Crippen LogP contribution < -0.4 is 0 Å². The molecule has 4 nitrogen and oxygen atoms in total. The predicted molar refractivity (Wildman–Crippen MR) is 94.2 cm³/mol. The van der Waals surface area contributed by atoms with E-state index in [9.17, 15) is 4.79 Å². The van der Waals surface area contributed by atoms with Gasteiger partial charge in [0.1, 0.15) is 0 Å². The zero-order valence-electron chi connectivity index (χ0n) is 13.3. The quantitative estimate of drug-likeness (QED) is 0.506. The first-order valence-electron chi connectivity index (χ1n) is 7.96. The zero-order chi connectivity index (χ0) is 17.1. The van der Waals surface area contributed by atoms with Crippen LogP contribution in [0.4, 0.5) is 0 Å². The van der Waals surface area contributed by atoms with Gasteiger partial charge < -0.3 is 9.15 Å². The van der Waals surface area contributed by atoms with E-state index in [4.69, 9.17) is 9.15 Å². The Morgan fingerprint density at radius 2 is 1.72 bits per heavy atom. The van der Waals surface area contributed by atoms with E-state index in [0.29, 0.717) is 5.69 Å². The maximum absolute atomic E-state index is 12.5. The Morgan fingerprint density at radius 1 is 0.920 bits per heavy atom. The fraction of sp³-hybridized carbons (Fsp3) is 0.0476. The molecule has 0 bridgehead atoms. The van der Waals surface area contributed by atoms with Crippen molar-refractivity contribution in [3.8, 4) is 0 Å². The monoisotopic (exact) mass is 329 g/mol. The maximum atomic E-state index is 12.5. The topological polar surface area (TPSA) is 52.3 Å². The Bertz CT molecular complexity index is 989. The lowest BCUT2D eigenvalue weighted by atomic mass is 10.0. The number of esters is 1. The lowest BCUT2D eigenvalue weighted by Gasteiger charge is -2.19. The van der Waals surface area contributed by atoms with Crippen LogP contribution in [0.5, 0.6) is 0 Å². The second kappa shape index (κ2) is 6.61. The van der Waals surface area contributed by atoms with Gasteiger partial charge in [-0.3, -0.25) is 4.98 Å². The molecular formula is C21H15NO3. The van der Waals surface area contributed by atoms with Gasteiger partial charge in [-0.15, -0.1) is 0 Å². The summed E-state index contributed by atoms with van der Waals surface area (Å²) in [5.74, 6) is -0.352. The number of nitrogens with zero attached hydrogens (tertiary/aromatic N) is 1. The molecule has 0 N–H and O–H groups in total. The smallest absolute Gasteiger partial charge is 0.375 e. The van der Waals surface area contributed by atoms with Crippen LogP contribution in [0, 0.1) is 0 Å². The van der Waals surface area contributed by atoms with Gasteiger partial charge in [0.15, 0.2) is 6.10 Å². The van der Waals surface area contributed by atoms with Crippen molar-refractivity contribution in [2.45, 2.75) is 6.10 Å². The number of ether oxygens (including phenoxy) is 1. The van der Waals surface area contributed by atoms with Gasteiger partial charge in [-0.05, 0) is 29.1 Å². The first-order chi connectivity index (χ1) is 12.3. The molecule has 4 heteroatoms. The highest BCUT2D eigenvalue weighted by atomic mass is 16.6. The highest BCUT2D eigenvalue weighted by Gasteiger charge is 2.24. The standard InChI is InChI=1S/C21H15NO3/c23-21(18-11-6-14-24-18)25-20(16-8-2-1-3-9-16)19-17-10-5-4-7-15(17)12-13-22-19/h1-14,20H/t20-/m0/s1. The number of hydrogen-bond acceptors (Lipinski definition) is 4. The zero-order valence-corrected chi connectivity index (χ0v) is 13.3. The third kappa shape index (κ3) is 3.02. The molecule has 2 aromatic carbocycles. The molecule has 0 aliphatic heterocycles. The van der Waals surface area contributed by atoms with Crippen LogP contribution in [0.3, 0.4) is 0 Å². The van der Waals surface area contributed by atoms with Gasteiger partial charge in [-0.2, -0.15) is 0 Å². The normalized spacial score (nSPS) is 12.0. The Morgan fingerprint density at radius 3 is 2.52 bits per heavy atom. The number of benzene rings is 2. The molecule has 2 aromatic heterocycles. The summed E-state index contributed by atoms with van der Waals surface area (Å²) in [4.78, 5) is 17.0. The van der Waals surface area contributed by atoms with E-state index in [0.717, 1.165) is 16.3 Å². The van der Waals surface area contributed by atoms with E-state index in [2.05, 4.69) is 4.98 Å². The summed E-state index contributed by atoms with van der Waals surface area (Å²) < 4.78 is 10.9. The number of aromatic nitrogens is 1. The third-order valence-corrected chi connectivity index (χ3v) is 4.00. The molecule has 0 amide bonds. The molecule has 0 radical (unpaired) electrons. The van der Waals surface area contributed by atoms with Crippen LogP contribution in [-0.2, 0) is 4.74 Å². The SMILES string of the molecule is O=C(O[C@@H](c1ccccc1)c1nccc2ccccc12)c1ccco1. The van der Waals surface area contributed by atoms with E-state index in [1.54, 1.807) is 18.3 Å². The predicted octanol–water partition coefficient (Wildman–Crippen LogP) is 4.77. The average molecular weight is 329 g/mol. The van der Waals surface area contributed by atoms with Crippen molar-refractivity contribution in [3.05, 3.63) is 102 Å². The van der Waals surface area contributed by atoms with Crippen molar-refractivity contribution in [2.75, 3.05) is 0 Å². The van der Waals surface area contributed by atoms with Crippen molar-refractivity contribution in [3.63, 3.8) is 0 Å². The van der Waals surface area contributed by atoms with Crippen LogP contribution in [0.2, 0.25) is 0 Å². The van der Waals surface area contributed by atoms with Crippen LogP contribution in [0.25, 0.3) is 10.8 Å². The Balaban J connectivity index is 1.81. The molecule has 2 heterocycles. The number of pyridine rings is 1. The number of carbonyl (C=O) groups is 1. The van der Waals surface area contributed by atoms with Crippen LogP contribution >= 0.6 is 0 Å². The number of fused-ring (bicyclic) bond motifs is 1. The number of hydrogen-bond donors (Lipinski definition) is 0. The minimum Gasteiger partial charge on any atom is -0.457 e. The van der Waals surface area contributed by atoms with Gasteiger partial charge in [0.25, 0.3) is 0 Å². The van der Waals surface area contributed by atoms with Gasteiger partial charge in [-0.1, -0.05) is 54.6 Å². The highest BCUT2D eigenvalue weighted by molar-refractivity contribution is 5.88. The van der Waals surface area contributed by atoms with E-state index >= 15 is 0 Å². The molecule has 0 saturated heterocycles. The first kappa shape index (κ1) is 15.1. The van der Waals surface area contributed by atoms with E-state index in [1.165, 1.54) is 6.26 Å². The molecule has 0 aliphatic rings. The summed E-state index contributed by atoms with van der Waals surface area (Å²) in [7, 11) is 0. The van der Waals surface area contributed by atoms with Crippen molar-refractivity contribution >= 4 is 16.7 Å². The van der Waals surface area contributed by atoms with Crippen LogP contribution in [0.15, 0.2) is 89.7 Å². The van der Waals surface area contributed by atoms with Crippen molar-refractivity contribution in [1.82, 2.24) is 4.98 Å². The third-order valence-electron chi connectivity index (χ3n) is 4.00. The fourth-order valence-electron chi connectivity index (χ4n) is 2.82. The molecule has 0 spiro atoms. The summed E-state index contributed by atoms with van der Waals surface area (Å²) in [6.45, 7) is 0. The number of rotatable bonds is 4. The van der Waals surface area contributed by atoms with E-state index < -0.39 is 12.1 Å². The molecule has 0 saturated carbocycles. The molecule has 0 fully saturated rings. The molecule has 1 atom stereocenters. The summed E-state index contributed by atoms with van der Waals surface area (Å²) in [6.07, 6.45) is 2.56. The second-order valence-electron chi connectivity index (χ2n) is 5.59. The van der Waals surface area contributed by atoms with Gasteiger partial charge in [-0.25, -0.2) is 4.79 Å². The number of furan rings is 1. The Labute approximate surface area is 144 Å². The van der Waals surface area contributed by atoms with Crippen molar-refractivity contribution in [1.29, 1.82) is 0 Å². The van der Waals surface area contributed by atoms with Crippen molar-refractivity contribution in [2.24, 2.45) is 0 Å². The summed E-state index contributed by atoms with van der Waals surface area (Å²) in [5, 5.41) is 1.99. The molecule has 25 heavy (non-hydrogen) atoms. The van der Waals surface area contributed by atoms with Gasteiger partial charge in [0.05, 0.1) is 12.0 Å². The molecule has 122 valence electrons. The first-order valence-corrected chi connectivity index (χ1v) is 7.96. The van der Waals surface area contributed by atoms with Crippen molar-refractivity contribution < 1.29 is 13.9 Å². The average Bonchev–Trinajstić information content (AvgIpc) is 3.21. The summed E-state index contributed by atoms with van der Waals surface area (Å²) in [5.41, 5.74) is 1.55. The van der Waals surface area contributed by atoms with Gasteiger partial charge >= 0.3 is 5.97 Å². The molecule has 0 unspecified atom stereocenters. The largest absolute Gasteiger partial charge is 0.457 e. The minimum absolute atomic E-state index is 0.168. The summed E-state index contributed by atoms with van der Waals surface area (Å²) in [6, 6.07) is 22.7. The van der Waals surface area contributed by atoms with Gasteiger partial charge in [0, 0.05) is 11.6 Å². The van der Waals surface area contributed by atoms with Gasteiger partial charge in [0.2, 0.25) is 5.76 Å². The lowest BCUT2D eigenvalue weighted by Crippen LogP contribution is -2.14. The molecule has 4 rings (SSSR count). The maximum Gasteiger partial charge on any atom is 0.375 e. The summed E-state index contributed by atoms with van der Waals surface area (Å²) >= 11 is 0. The van der Waals surface area contributed by atoms with E-state index in [1.807, 2.05) is 60.7 Å². The molecule has 4 aromatic rings. The Hall–Kier alpha value is -3.40. The number of carbonyl (C=O) groups excluding carboxylic acids is 1. The minimum atomic E-state index is -0.620. The van der Waals surface area contributed by atoms with Crippen LogP contribution in [0.1, 0.15) is 27.9 Å². The second-order valence-corrected chi connectivity index (χ2v) is 5.59. The molecular weight excluding hydrogens is 314 g/mol. The fourth-order valence-corrected chi connectivity index (χ4v) is 2.82. The molecule has 0 aliphatic carbocycles. The highest BCUT2D eigenvalue weighted by Crippen LogP contribution is 2.30. The van der Waals surface area contributed by atoms with E-state index in [-0.39, 0.29) is 5.76 Å². The van der Waals surface area contributed by atoms with Crippen LogP contribution in [-0.4, -0.2) is 11.0 Å². The lowest BCUT2D eigenvalue weighted by molar-refractivity contribution is 0.0337.